The summed E-state index contributed by atoms with van der Waals surface area (Å²) in [5, 5.41) is 0. The number of para-hydroxylation sites is 2. The highest BCUT2D eigenvalue weighted by Gasteiger charge is 2.38. The van der Waals surface area contributed by atoms with E-state index in [1.165, 1.54) is 11.1 Å². The molecule has 4 nitrogen and oxygen atoms in total. The predicted molar refractivity (Wildman–Crippen MR) is 109 cm³/mol. The minimum atomic E-state index is -0.153. The van der Waals surface area contributed by atoms with E-state index in [0.29, 0.717) is 6.42 Å². The van der Waals surface area contributed by atoms with Crippen molar-refractivity contribution >= 4 is 16.9 Å². The van der Waals surface area contributed by atoms with Crippen molar-refractivity contribution in [2.24, 2.45) is 0 Å². The van der Waals surface area contributed by atoms with Crippen LogP contribution in [0, 0.1) is 6.92 Å². The lowest BCUT2D eigenvalue weighted by Crippen LogP contribution is -2.42. The Kier molecular flexibility index (Phi) is 4.29. The van der Waals surface area contributed by atoms with Crippen LogP contribution in [0.5, 0.6) is 0 Å². The molecule has 27 heavy (non-hydrogen) atoms. The first-order valence-corrected chi connectivity index (χ1v) is 9.64. The Morgan fingerprint density at radius 3 is 2.44 bits per heavy atom. The van der Waals surface area contributed by atoms with Crippen LogP contribution in [0.2, 0.25) is 0 Å². The van der Waals surface area contributed by atoms with Gasteiger partial charge in [-0.2, -0.15) is 0 Å². The summed E-state index contributed by atoms with van der Waals surface area (Å²) in [5.41, 5.74) is 4.49. The molecule has 1 fully saturated rings. The molecule has 2 heterocycles. The monoisotopic (exact) mass is 361 g/mol. The van der Waals surface area contributed by atoms with Crippen LogP contribution in [-0.4, -0.2) is 32.4 Å². The Labute approximate surface area is 160 Å². The van der Waals surface area contributed by atoms with Gasteiger partial charge in [-0.25, -0.2) is 4.98 Å². The van der Waals surface area contributed by atoms with Gasteiger partial charge in [-0.05, 0) is 45.4 Å². The number of aryl methyl sites for hydroxylation is 1. The summed E-state index contributed by atoms with van der Waals surface area (Å²) in [5.74, 6) is 1.38. The Bertz CT molecular complexity index is 979. The second-order valence-electron chi connectivity index (χ2n) is 8.61. The summed E-state index contributed by atoms with van der Waals surface area (Å²) in [7, 11) is 0. The molecular weight excluding hydrogens is 334 g/mol. The fraction of sp³-hybridized carbons (Fsp3) is 0.391. The molecule has 1 aliphatic heterocycles. The van der Waals surface area contributed by atoms with Crippen LogP contribution in [0.15, 0.2) is 48.5 Å². The first-order chi connectivity index (χ1) is 12.8. The Hall–Kier alpha value is -2.62. The zero-order chi connectivity index (χ0) is 19.2. The van der Waals surface area contributed by atoms with Gasteiger partial charge in [0.2, 0.25) is 5.91 Å². The number of rotatable bonds is 3. The van der Waals surface area contributed by atoms with Crippen molar-refractivity contribution in [3.63, 3.8) is 0 Å². The maximum Gasteiger partial charge on any atom is 0.223 e. The molecule has 1 saturated heterocycles. The molecule has 1 aromatic heterocycles. The first-order valence-electron chi connectivity index (χ1n) is 9.64. The highest BCUT2D eigenvalue weighted by atomic mass is 16.2. The van der Waals surface area contributed by atoms with Crippen LogP contribution < -0.4 is 0 Å². The molecule has 140 valence electrons. The average molecular weight is 361 g/mol. The lowest BCUT2D eigenvalue weighted by atomic mass is 10.1. The van der Waals surface area contributed by atoms with Crippen LogP contribution in [0.3, 0.4) is 0 Å². The maximum absolute atomic E-state index is 12.6. The second-order valence-corrected chi connectivity index (χ2v) is 8.61. The van der Waals surface area contributed by atoms with E-state index in [9.17, 15) is 4.79 Å². The van der Waals surface area contributed by atoms with Gasteiger partial charge in [0.1, 0.15) is 5.82 Å². The first kappa shape index (κ1) is 17.8. The number of carbonyl (C=O) groups excluding carboxylic acids is 1. The molecule has 0 aliphatic carbocycles. The Morgan fingerprint density at radius 1 is 1.07 bits per heavy atom. The van der Waals surface area contributed by atoms with Crippen molar-refractivity contribution < 1.29 is 4.79 Å². The van der Waals surface area contributed by atoms with Gasteiger partial charge < -0.3 is 9.47 Å². The minimum Gasteiger partial charge on any atom is -0.337 e. The molecule has 4 heteroatoms. The second kappa shape index (κ2) is 6.52. The van der Waals surface area contributed by atoms with Crippen LogP contribution >= 0.6 is 0 Å². The molecule has 0 spiro atoms. The molecule has 1 aliphatic rings. The number of hydrogen-bond donors (Lipinski definition) is 0. The van der Waals surface area contributed by atoms with E-state index < -0.39 is 0 Å². The highest BCUT2D eigenvalue weighted by molar-refractivity contribution is 5.81. The molecule has 0 radical (unpaired) electrons. The van der Waals surface area contributed by atoms with Crippen molar-refractivity contribution in [3.8, 4) is 0 Å². The molecule has 0 bridgehead atoms. The number of carbonyl (C=O) groups is 1. The zero-order valence-corrected chi connectivity index (χ0v) is 16.6. The van der Waals surface area contributed by atoms with Crippen LogP contribution in [-0.2, 0) is 11.3 Å². The van der Waals surface area contributed by atoms with Gasteiger partial charge in [-0.3, -0.25) is 4.79 Å². The number of likely N-dealkylation sites (tertiary alicyclic amines) is 1. The molecule has 2 aromatic carbocycles. The Balaban J connectivity index is 1.74. The van der Waals surface area contributed by atoms with Crippen molar-refractivity contribution in [3.05, 3.63) is 65.5 Å². The number of fused-ring (bicyclic) bond motifs is 1. The van der Waals surface area contributed by atoms with E-state index >= 15 is 0 Å². The minimum absolute atomic E-state index is 0.134. The fourth-order valence-corrected chi connectivity index (χ4v) is 3.98. The number of aromatic nitrogens is 2. The van der Waals surface area contributed by atoms with Gasteiger partial charge in [0, 0.05) is 31.0 Å². The topological polar surface area (TPSA) is 38.1 Å². The van der Waals surface area contributed by atoms with Gasteiger partial charge in [0.25, 0.3) is 0 Å². The summed E-state index contributed by atoms with van der Waals surface area (Å²) >= 11 is 0. The maximum atomic E-state index is 12.6. The lowest BCUT2D eigenvalue weighted by molar-refractivity contribution is -0.131. The number of imidazole rings is 1. The molecule has 0 saturated carbocycles. The van der Waals surface area contributed by atoms with Crippen molar-refractivity contribution in [1.29, 1.82) is 0 Å². The van der Waals surface area contributed by atoms with Gasteiger partial charge in [-0.1, -0.05) is 42.0 Å². The highest BCUT2D eigenvalue weighted by Crippen LogP contribution is 2.34. The molecular formula is C23H27N3O. The average Bonchev–Trinajstić information content (AvgIpc) is 3.18. The third kappa shape index (κ3) is 3.36. The van der Waals surface area contributed by atoms with E-state index in [2.05, 4.69) is 74.7 Å². The SMILES string of the molecule is Cc1ccc(Cn2c([C@H]3CC(=O)N(C(C)(C)C)C3)nc3ccccc32)cc1. The van der Waals surface area contributed by atoms with E-state index in [1.807, 2.05) is 11.0 Å². The van der Waals surface area contributed by atoms with Gasteiger partial charge in [-0.15, -0.1) is 0 Å². The zero-order valence-electron chi connectivity index (χ0n) is 16.6. The summed E-state index contributed by atoms with van der Waals surface area (Å²) < 4.78 is 2.30. The summed E-state index contributed by atoms with van der Waals surface area (Å²) in [6.07, 6.45) is 0.536. The molecule has 1 atom stereocenters. The standard InChI is InChI=1S/C23H27N3O/c1-16-9-11-17(12-10-16)14-25-20-8-6-5-7-19(20)24-22(25)18-13-21(27)26(15-18)23(2,3)4/h5-12,18H,13-15H2,1-4H3/t18-/m0/s1. The summed E-state index contributed by atoms with van der Waals surface area (Å²) in [6, 6.07) is 16.9. The van der Waals surface area contributed by atoms with E-state index in [4.69, 9.17) is 4.98 Å². The quantitative estimate of drug-likeness (QED) is 0.688. The number of amides is 1. The lowest BCUT2D eigenvalue weighted by Gasteiger charge is -2.32. The van der Waals surface area contributed by atoms with Crippen LogP contribution in [0.25, 0.3) is 11.0 Å². The Morgan fingerprint density at radius 2 is 1.78 bits per heavy atom. The third-order valence-electron chi connectivity index (χ3n) is 5.45. The van der Waals surface area contributed by atoms with Crippen LogP contribution in [0.1, 0.15) is 50.1 Å². The summed E-state index contributed by atoms with van der Waals surface area (Å²) in [6.45, 7) is 9.91. The van der Waals surface area contributed by atoms with E-state index in [1.54, 1.807) is 0 Å². The number of hydrogen-bond acceptors (Lipinski definition) is 2. The smallest absolute Gasteiger partial charge is 0.223 e. The van der Waals surface area contributed by atoms with Crippen LogP contribution in [0.4, 0.5) is 0 Å². The van der Waals surface area contributed by atoms with Gasteiger partial charge >= 0.3 is 0 Å². The predicted octanol–water partition coefficient (Wildman–Crippen LogP) is 4.51. The van der Waals surface area contributed by atoms with E-state index in [0.717, 1.165) is 29.9 Å². The fourth-order valence-electron chi connectivity index (χ4n) is 3.98. The molecule has 0 unspecified atom stereocenters. The van der Waals surface area contributed by atoms with Gasteiger partial charge in [0.05, 0.1) is 11.0 Å². The molecule has 1 amide bonds. The number of nitrogens with zero attached hydrogens (tertiary/aromatic N) is 3. The summed E-state index contributed by atoms with van der Waals surface area (Å²) in [4.78, 5) is 19.6. The van der Waals surface area contributed by atoms with Gasteiger partial charge in [0.15, 0.2) is 0 Å². The van der Waals surface area contributed by atoms with Crippen molar-refractivity contribution in [2.75, 3.05) is 6.54 Å². The largest absolute Gasteiger partial charge is 0.337 e. The molecule has 4 rings (SSSR count). The van der Waals surface area contributed by atoms with Crippen molar-refractivity contribution in [2.45, 2.75) is 52.1 Å². The molecule has 0 N–H and O–H groups in total. The van der Waals surface area contributed by atoms with E-state index in [-0.39, 0.29) is 17.4 Å². The van der Waals surface area contributed by atoms with Crippen molar-refractivity contribution in [1.82, 2.24) is 14.5 Å². The normalized spacial score (nSPS) is 17.9. The molecule has 3 aromatic rings. The third-order valence-corrected chi connectivity index (χ3v) is 5.45. The number of benzene rings is 2.